The van der Waals surface area contributed by atoms with Gasteiger partial charge >= 0.3 is 5.97 Å². The topological polar surface area (TPSA) is 135 Å². The summed E-state index contributed by atoms with van der Waals surface area (Å²) >= 11 is 0. The molecule has 0 saturated carbocycles. The molecule has 0 spiro atoms. The molecule has 4 N–H and O–H groups in total. The van der Waals surface area contributed by atoms with Gasteiger partial charge in [-0.25, -0.2) is 0 Å². The molecule has 1 aliphatic heterocycles. The normalized spacial score (nSPS) is 22.4. The van der Waals surface area contributed by atoms with Crippen LogP contribution in [0.25, 0.3) is 6.08 Å². The number of unbranched alkanes of at least 4 members (excludes halogenated alkanes) is 2. The van der Waals surface area contributed by atoms with Crippen molar-refractivity contribution in [2.24, 2.45) is 17.8 Å². The smallest absolute Gasteiger partial charge is 0.303 e. The Bertz CT molecular complexity index is 1090. The molecular formula is C31H43NO7. The molecule has 2 amide bonds. The van der Waals surface area contributed by atoms with E-state index in [0.717, 1.165) is 29.6 Å². The van der Waals surface area contributed by atoms with Crippen LogP contribution in [-0.4, -0.2) is 62.4 Å². The second kappa shape index (κ2) is 14.4. The van der Waals surface area contributed by atoms with Crippen molar-refractivity contribution in [1.82, 2.24) is 4.90 Å². The number of benzene rings is 1. The standard InChI is InChI=1S/C31H43NO7/c1-3-9-20(16-21-10-8-11-23(34)17-21)13-14-26(35)28-22(4-2)18-24-29(25(28)19-33)31(39)32(30(24)38)15-7-5-6-12-27(36)37/h8,10-11,16-17,24-26,29,33-35H,3-7,9,12-15,18-19H2,1-2H3,(H,36,37)/b20-16+/t24-,25+,26-,29-/m1/s1. The van der Waals surface area contributed by atoms with Gasteiger partial charge in [-0.3, -0.25) is 19.3 Å². The molecule has 1 aromatic rings. The van der Waals surface area contributed by atoms with E-state index >= 15 is 0 Å². The number of carbonyl (C=O) groups excluding carboxylic acids is 2. The molecule has 4 atom stereocenters. The number of carbonyl (C=O) groups is 3. The maximum absolute atomic E-state index is 13.4. The van der Waals surface area contributed by atoms with Gasteiger partial charge in [-0.05, 0) is 68.2 Å². The molecule has 1 heterocycles. The predicted molar refractivity (Wildman–Crippen MR) is 149 cm³/mol. The fourth-order valence-corrected chi connectivity index (χ4v) is 6.22. The summed E-state index contributed by atoms with van der Waals surface area (Å²) in [7, 11) is 0. The molecule has 39 heavy (non-hydrogen) atoms. The molecule has 2 aliphatic rings. The van der Waals surface area contributed by atoms with E-state index in [1.54, 1.807) is 18.2 Å². The average Bonchev–Trinajstić information content (AvgIpc) is 3.14. The maximum atomic E-state index is 13.4. The molecular weight excluding hydrogens is 498 g/mol. The van der Waals surface area contributed by atoms with Crippen LogP contribution >= 0.6 is 0 Å². The van der Waals surface area contributed by atoms with Crippen LogP contribution in [0.1, 0.15) is 83.6 Å². The lowest BCUT2D eigenvalue weighted by Gasteiger charge is -2.36. The molecule has 1 fully saturated rings. The first-order valence-electron chi connectivity index (χ1n) is 14.3. The second-order valence-corrected chi connectivity index (χ2v) is 10.8. The van der Waals surface area contributed by atoms with E-state index in [1.165, 1.54) is 4.90 Å². The number of likely N-dealkylation sites (tertiary alicyclic amines) is 1. The Morgan fingerprint density at radius 3 is 2.51 bits per heavy atom. The zero-order valence-electron chi connectivity index (χ0n) is 23.1. The minimum Gasteiger partial charge on any atom is -0.508 e. The molecule has 1 saturated heterocycles. The fourth-order valence-electron chi connectivity index (χ4n) is 6.22. The van der Waals surface area contributed by atoms with Crippen molar-refractivity contribution in [3.05, 3.63) is 46.5 Å². The Kier molecular flexibility index (Phi) is 11.3. The summed E-state index contributed by atoms with van der Waals surface area (Å²) in [5, 5.41) is 40.4. The summed E-state index contributed by atoms with van der Waals surface area (Å²) in [6.07, 6.45) is 6.82. The van der Waals surface area contributed by atoms with Crippen molar-refractivity contribution in [3.8, 4) is 5.75 Å². The van der Waals surface area contributed by atoms with Crippen molar-refractivity contribution in [3.63, 3.8) is 0 Å². The SMILES string of the molecule is CCC/C(=C\c1cccc(O)c1)CC[C@@H](O)C1=C(CC)C[C@H]2C(=O)N(CCCCCC(=O)O)C(=O)[C@H]2[C@H]1CO. The third-order valence-corrected chi connectivity index (χ3v) is 8.08. The molecule has 1 aromatic carbocycles. The molecule has 8 nitrogen and oxygen atoms in total. The van der Waals surface area contributed by atoms with Gasteiger partial charge in [0.1, 0.15) is 5.75 Å². The van der Waals surface area contributed by atoms with E-state index in [0.29, 0.717) is 50.5 Å². The average molecular weight is 542 g/mol. The first-order valence-corrected chi connectivity index (χ1v) is 14.3. The fraction of sp³-hybridized carbons (Fsp3) is 0.581. The number of aliphatic hydroxyl groups is 2. The van der Waals surface area contributed by atoms with Crippen LogP contribution in [-0.2, 0) is 14.4 Å². The van der Waals surface area contributed by atoms with Crippen LogP contribution in [0.4, 0.5) is 0 Å². The number of aromatic hydroxyl groups is 1. The van der Waals surface area contributed by atoms with E-state index in [9.17, 15) is 29.7 Å². The van der Waals surface area contributed by atoms with Gasteiger partial charge in [-0.15, -0.1) is 0 Å². The molecule has 0 aromatic heterocycles. The molecule has 0 unspecified atom stereocenters. The Hall–Kier alpha value is -2.97. The number of hydrogen-bond donors (Lipinski definition) is 4. The number of allylic oxidation sites excluding steroid dienone is 2. The lowest BCUT2D eigenvalue weighted by molar-refractivity contribution is -0.141. The summed E-state index contributed by atoms with van der Waals surface area (Å²) in [6, 6.07) is 7.04. The minimum absolute atomic E-state index is 0.0632. The number of aliphatic hydroxyl groups excluding tert-OH is 2. The van der Waals surface area contributed by atoms with Gasteiger partial charge in [0.05, 0.1) is 24.5 Å². The third-order valence-electron chi connectivity index (χ3n) is 8.08. The number of rotatable bonds is 15. The van der Waals surface area contributed by atoms with E-state index in [1.807, 2.05) is 19.1 Å². The predicted octanol–water partition coefficient (Wildman–Crippen LogP) is 4.68. The van der Waals surface area contributed by atoms with E-state index in [2.05, 4.69) is 6.92 Å². The number of fused-ring (bicyclic) bond motifs is 1. The largest absolute Gasteiger partial charge is 0.508 e. The molecule has 8 heteroatoms. The molecule has 1 aliphatic carbocycles. The summed E-state index contributed by atoms with van der Waals surface area (Å²) in [6.45, 7) is 4.00. The van der Waals surface area contributed by atoms with Crippen LogP contribution < -0.4 is 0 Å². The zero-order valence-corrected chi connectivity index (χ0v) is 23.1. The number of nitrogens with zero attached hydrogens (tertiary/aromatic N) is 1. The van der Waals surface area contributed by atoms with E-state index in [4.69, 9.17) is 5.11 Å². The number of carboxylic acid groups (broad SMARTS) is 1. The molecule has 214 valence electrons. The number of hydrogen-bond acceptors (Lipinski definition) is 6. The lowest BCUT2D eigenvalue weighted by Crippen LogP contribution is -2.39. The van der Waals surface area contributed by atoms with Crippen molar-refractivity contribution in [2.45, 2.75) is 84.2 Å². The molecule has 3 rings (SSSR count). The van der Waals surface area contributed by atoms with Gasteiger partial charge < -0.3 is 20.4 Å². The van der Waals surface area contributed by atoms with Crippen molar-refractivity contribution < 1.29 is 34.8 Å². The van der Waals surface area contributed by atoms with Gasteiger partial charge in [0.15, 0.2) is 0 Å². The van der Waals surface area contributed by atoms with Gasteiger partial charge in [0.2, 0.25) is 11.8 Å². The van der Waals surface area contributed by atoms with Gasteiger partial charge in [0.25, 0.3) is 0 Å². The van der Waals surface area contributed by atoms with E-state index < -0.39 is 29.8 Å². The summed E-state index contributed by atoms with van der Waals surface area (Å²) < 4.78 is 0. The third kappa shape index (κ3) is 7.57. The number of aliphatic carboxylic acids is 1. The lowest BCUT2D eigenvalue weighted by atomic mass is 9.67. The van der Waals surface area contributed by atoms with Crippen LogP contribution in [0.5, 0.6) is 5.75 Å². The van der Waals surface area contributed by atoms with Crippen molar-refractivity contribution in [1.29, 1.82) is 0 Å². The quantitative estimate of drug-likeness (QED) is 0.144. The molecule has 0 radical (unpaired) electrons. The van der Waals surface area contributed by atoms with Gasteiger partial charge in [-0.1, -0.05) is 56.0 Å². The highest BCUT2D eigenvalue weighted by atomic mass is 16.4. The first-order chi connectivity index (χ1) is 18.7. The monoisotopic (exact) mass is 541 g/mol. The molecule has 0 bridgehead atoms. The van der Waals surface area contributed by atoms with Crippen LogP contribution in [0.15, 0.2) is 41.0 Å². The van der Waals surface area contributed by atoms with Gasteiger partial charge in [-0.2, -0.15) is 0 Å². The maximum Gasteiger partial charge on any atom is 0.303 e. The van der Waals surface area contributed by atoms with Gasteiger partial charge in [0, 0.05) is 18.9 Å². The number of phenolic OH excluding ortho intramolecular Hbond substituents is 1. The highest BCUT2D eigenvalue weighted by Crippen LogP contribution is 2.47. The number of amides is 2. The second-order valence-electron chi connectivity index (χ2n) is 10.8. The summed E-state index contributed by atoms with van der Waals surface area (Å²) in [5.41, 5.74) is 3.70. The number of carboxylic acids is 1. The Morgan fingerprint density at radius 2 is 1.87 bits per heavy atom. The van der Waals surface area contributed by atoms with Crippen LogP contribution in [0, 0.1) is 17.8 Å². The number of imide groups is 1. The van der Waals surface area contributed by atoms with Crippen LogP contribution in [0.3, 0.4) is 0 Å². The minimum atomic E-state index is -0.860. The summed E-state index contributed by atoms with van der Waals surface area (Å²) in [5.74, 6) is -2.99. The first kappa shape index (κ1) is 30.6. The zero-order chi connectivity index (χ0) is 28.5. The highest BCUT2D eigenvalue weighted by Gasteiger charge is 2.54. The highest BCUT2D eigenvalue weighted by molar-refractivity contribution is 6.05. The Balaban J connectivity index is 1.74. The Morgan fingerprint density at radius 1 is 1.10 bits per heavy atom. The van der Waals surface area contributed by atoms with Crippen molar-refractivity contribution >= 4 is 23.9 Å². The van der Waals surface area contributed by atoms with Crippen molar-refractivity contribution in [2.75, 3.05) is 13.2 Å². The van der Waals surface area contributed by atoms with Crippen LogP contribution in [0.2, 0.25) is 0 Å². The Labute approximate surface area is 231 Å². The summed E-state index contributed by atoms with van der Waals surface area (Å²) in [4.78, 5) is 38.7. The van der Waals surface area contributed by atoms with E-state index in [-0.39, 0.29) is 37.1 Å². The number of phenols is 1.